The van der Waals surface area contributed by atoms with Crippen molar-refractivity contribution in [2.75, 3.05) is 13.1 Å². The molecule has 2 aromatic rings. The molecule has 2 heterocycles. The van der Waals surface area contributed by atoms with Crippen molar-refractivity contribution in [2.45, 2.75) is 57.4 Å². The maximum absolute atomic E-state index is 11.0. The van der Waals surface area contributed by atoms with Gasteiger partial charge in [-0.05, 0) is 49.1 Å². The first-order valence-corrected chi connectivity index (χ1v) is 9.62. The minimum atomic E-state index is 0.596. The van der Waals surface area contributed by atoms with Gasteiger partial charge in [-0.1, -0.05) is 37.5 Å². The Bertz CT molecular complexity index is 691. The van der Waals surface area contributed by atoms with Crippen LogP contribution in [0.1, 0.15) is 56.4 Å². The van der Waals surface area contributed by atoms with Crippen molar-refractivity contribution in [3.63, 3.8) is 0 Å². The maximum atomic E-state index is 11.0. The van der Waals surface area contributed by atoms with Crippen LogP contribution in [0.15, 0.2) is 30.5 Å². The Hall–Kier alpha value is -1.77. The van der Waals surface area contributed by atoms with Crippen molar-refractivity contribution >= 4 is 17.3 Å². The molecule has 0 bridgehead atoms. The molecule has 1 saturated carbocycles. The molecule has 4 rings (SSSR count). The third-order valence-corrected chi connectivity index (χ3v) is 6.12. The molecule has 1 aromatic carbocycles. The number of carbonyl (C=O) groups is 1. The van der Waals surface area contributed by atoms with Crippen LogP contribution in [0.2, 0.25) is 0 Å². The predicted molar refractivity (Wildman–Crippen MR) is 98.1 cm³/mol. The highest BCUT2D eigenvalue weighted by atomic mass is 16.1. The van der Waals surface area contributed by atoms with Gasteiger partial charge in [-0.2, -0.15) is 0 Å². The molecule has 128 valence electrons. The van der Waals surface area contributed by atoms with Gasteiger partial charge in [0.25, 0.3) is 0 Å². The Morgan fingerprint density at radius 2 is 1.75 bits per heavy atom. The van der Waals surface area contributed by atoms with Crippen molar-refractivity contribution in [3.05, 3.63) is 36.0 Å². The second-order valence-electron chi connectivity index (χ2n) is 7.67. The highest BCUT2D eigenvalue weighted by Gasteiger charge is 2.24. The first kappa shape index (κ1) is 15.7. The highest BCUT2D eigenvalue weighted by Crippen LogP contribution is 2.35. The van der Waals surface area contributed by atoms with Crippen LogP contribution < -0.4 is 0 Å². The fourth-order valence-corrected chi connectivity index (χ4v) is 4.72. The zero-order valence-corrected chi connectivity index (χ0v) is 14.5. The number of para-hydroxylation sites is 1. The van der Waals surface area contributed by atoms with Crippen molar-refractivity contribution in [3.8, 4) is 0 Å². The van der Waals surface area contributed by atoms with Gasteiger partial charge in [-0.3, -0.25) is 4.79 Å². The van der Waals surface area contributed by atoms with Crippen LogP contribution in [0, 0.1) is 5.92 Å². The molecule has 0 radical (unpaired) electrons. The molecule has 3 nitrogen and oxygen atoms in total. The molecular weight excluding hydrogens is 296 g/mol. The van der Waals surface area contributed by atoms with E-state index in [1.54, 1.807) is 0 Å². The van der Waals surface area contributed by atoms with E-state index in [2.05, 4.69) is 35.0 Å². The normalized spacial score (nSPS) is 20.6. The van der Waals surface area contributed by atoms with Crippen LogP contribution >= 0.6 is 0 Å². The average Bonchev–Trinajstić information content (AvgIpc) is 3.01. The third kappa shape index (κ3) is 3.09. The summed E-state index contributed by atoms with van der Waals surface area (Å²) in [5.41, 5.74) is 2.91. The molecule has 2 fully saturated rings. The number of carbonyl (C=O) groups excluding carboxylic acids is 1. The van der Waals surface area contributed by atoms with Gasteiger partial charge in [0.1, 0.15) is 0 Å². The van der Waals surface area contributed by atoms with Crippen LogP contribution in [0.4, 0.5) is 0 Å². The number of likely N-dealkylation sites (tertiary alicyclic amines) is 1. The lowest BCUT2D eigenvalue weighted by Crippen LogP contribution is -2.31. The standard InChI is InChI=1S/C21H28N2O/c24-16-22-12-10-18(11-13-22)20-15-23(14-17-6-2-1-3-7-17)21-9-5-4-8-19(20)21/h4-5,8-9,15-18H,1-3,6-7,10-14H2. The molecule has 3 heteroatoms. The number of rotatable bonds is 4. The Balaban J connectivity index is 1.60. The van der Waals surface area contributed by atoms with Crippen LogP contribution in [0.3, 0.4) is 0 Å². The SMILES string of the molecule is O=CN1CCC(c2cn(CC3CCCCC3)c3ccccc23)CC1. The van der Waals surface area contributed by atoms with Gasteiger partial charge in [0.05, 0.1) is 0 Å². The molecule has 0 N–H and O–H groups in total. The number of benzene rings is 1. The molecule has 1 aromatic heterocycles. The van der Waals surface area contributed by atoms with Crippen LogP contribution in [-0.4, -0.2) is 29.0 Å². The number of hydrogen-bond acceptors (Lipinski definition) is 1. The van der Waals surface area contributed by atoms with Gasteiger partial charge < -0.3 is 9.47 Å². The topological polar surface area (TPSA) is 25.2 Å². The van der Waals surface area contributed by atoms with E-state index in [1.807, 2.05) is 4.90 Å². The number of fused-ring (bicyclic) bond motifs is 1. The van der Waals surface area contributed by atoms with Gasteiger partial charge in [-0.25, -0.2) is 0 Å². The summed E-state index contributed by atoms with van der Waals surface area (Å²) < 4.78 is 2.52. The lowest BCUT2D eigenvalue weighted by Gasteiger charge is -2.29. The van der Waals surface area contributed by atoms with E-state index in [1.165, 1.54) is 55.1 Å². The monoisotopic (exact) mass is 324 g/mol. The van der Waals surface area contributed by atoms with Crippen LogP contribution in [0.5, 0.6) is 0 Å². The molecule has 0 atom stereocenters. The summed E-state index contributed by atoms with van der Waals surface area (Å²) in [7, 11) is 0. The van der Waals surface area contributed by atoms with E-state index in [0.29, 0.717) is 5.92 Å². The highest BCUT2D eigenvalue weighted by molar-refractivity contribution is 5.84. The van der Waals surface area contributed by atoms with Crippen LogP contribution in [-0.2, 0) is 11.3 Å². The Morgan fingerprint density at radius 3 is 2.50 bits per heavy atom. The van der Waals surface area contributed by atoms with Gasteiger partial charge in [0.15, 0.2) is 0 Å². The lowest BCUT2D eigenvalue weighted by molar-refractivity contribution is -0.119. The van der Waals surface area contributed by atoms with Crippen molar-refractivity contribution in [2.24, 2.45) is 5.92 Å². The number of aromatic nitrogens is 1. The van der Waals surface area contributed by atoms with E-state index in [-0.39, 0.29) is 0 Å². The lowest BCUT2D eigenvalue weighted by atomic mass is 9.89. The Morgan fingerprint density at radius 1 is 1.00 bits per heavy atom. The minimum absolute atomic E-state index is 0.596. The summed E-state index contributed by atoms with van der Waals surface area (Å²) in [6, 6.07) is 8.89. The minimum Gasteiger partial charge on any atom is -0.347 e. The summed E-state index contributed by atoms with van der Waals surface area (Å²) in [6.07, 6.45) is 12.6. The van der Waals surface area contributed by atoms with E-state index >= 15 is 0 Å². The Labute approximate surface area is 144 Å². The van der Waals surface area contributed by atoms with E-state index in [4.69, 9.17) is 0 Å². The summed E-state index contributed by atoms with van der Waals surface area (Å²) in [4.78, 5) is 12.9. The van der Waals surface area contributed by atoms with E-state index in [0.717, 1.165) is 38.3 Å². The molecule has 1 aliphatic carbocycles. The maximum Gasteiger partial charge on any atom is 0.209 e. The van der Waals surface area contributed by atoms with Gasteiger partial charge in [0.2, 0.25) is 6.41 Å². The quantitative estimate of drug-likeness (QED) is 0.757. The smallest absolute Gasteiger partial charge is 0.209 e. The first-order chi connectivity index (χ1) is 11.8. The fourth-order valence-electron chi connectivity index (χ4n) is 4.72. The summed E-state index contributed by atoms with van der Waals surface area (Å²) in [5.74, 6) is 1.44. The zero-order valence-electron chi connectivity index (χ0n) is 14.5. The summed E-state index contributed by atoms with van der Waals surface area (Å²) in [5, 5.41) is 1.43. The number of amides is 1. The van der Waals surface area contributed by atoms with Crippen molar-refractivity contribution in [1.82, 2.24) is 9.47 Å². The number of hydrogen-bond donors (Lipinski definition) is 0. The second-order valence-corrected chi connectivity index (χ2v) is 7.67. The number of nitrogens with zero attached hydrogens (tertiary/aromatic N) is 2. The molecule has 1 saturated heterocycles. The van der Waals surface area contributed by atoms with E-state index in [9.17, 15) is 4.79 Å². The van der Waals surface area contributed by atoms with E-state index < -0.39 is 0 Å². The van der Waals surface area contributed by atoms with Gasteiger partial charge in [-0.15, -0.1) is 0 Å². The van der Waals surface area contributed by atoms with Crippen molar-refractivity contribution < 1.29 is 4.79 Å². The molecule has 2 aliphatic rings. The molecule has 0 unspecified atom stereocenters. The number of piperidine rings is 1. The third-order valence-electron chi connectivity index (χ3n) is 6.12. The molecule has 24 heavy (non-hydrogen) atoms. The second kappa shape index (κ2) is 7.00. The summed E-state index contributed by atoms with van der Waals surface area (Å²) in [6.45, 7) is 2.97. The van der Waals surface area contributed by atoms with Gasteiger partial charge in [0, 0.05) is 36.7 Å². The largest absolute Gasteiger partial charge is 0.347 e. The van der Waals surface area contributed by atoms with Gasteiger partial charge >= 0.3 is 0 Å². The molecule has 0 spiro atoms. The Kier molecular flexibility index (Phi) is 4.59. The predicted octanol–water partition coefficient (Wildman–Crippen LogP) is 4.56. The first-order valence-electron chi connectivity index (χ1n) is 9.62. The average molecular weight is 324 g/mol. The molecule has 1 amide bonds. The fraction of sp³-hybridized carbons (Fsp3) is 0.571. The molecule has 1 aliphatic heterocycles. The zero-order chi connectivity index (χ0) is 16.4. The molecular formula is C21H28N2O. The van der Waals surface area contributed by atoms with Crippen molar-refractivity contribution in [1.29, 1.82) is 0 Å². The summed E-state index contributed by atoms with van der Waals surface area (Å²) >= 11 is 0. The van der Waals surface area contributed by atoms with Crippen LogP contribution in [0.25, 0.3) is 10.9 Å².